The summed E-state index contributed by atoms with van der Waals surface area (Å²) in [6.45, 7) is 8.74. The Bertz CT molecular complexity index is 1110. The van der Waals surface area contributed by atoms with E-state index >= 15 is 0 Å². The summed E-state index contributed by atoms with van der Waals surface area (Å²) in [7, 11) is 0. The quantitative estimate of drug-likeness (QED) is 0.398. The number of benzene rings is 1. The molecule has 1 aromatic carbocycles. The van der Waals surface area contributed by atoms with E-state index in [0.29, 0.717) is 23.6 Å². The van der Waals surface area contributed by atoms with Crippen LogP contribution in [-0.2, 0) is 17.9 Å². The van der Waals surface area contributed by atoms with Gasteiger partial charge in [-0.3, -0.25) is 14.2 Å². The van der Waals surface area contributed by atoms with E-state index in [1.165, 1.54) is 35.2 Å². The molecule has 1 atom stereocenters. The van der Waals surface area contributed by atoms with Crippen LogP contribution < -0.4 is 10.9 Å². The van der Waals surface area contributed by atoms with Gasteiger partial charge in [0.2, 0.25) is 5.91 Å². The number of thiophene rings is 1. The zero-order valence-electron chi connectivity index (χ0n) is 17.6. The molecule has 0 radical (unpaired) electrons. The number of rotatable bonds is 8. The number of nitrogens with one attached hydrogen (secondary N) is 1. The number of hydrogen-bond donors (Lipinski definition) is 1. The predicted molar refractivity (Wildman–Crippen MR) is 122 cm³/mol. The van der Waals surface area contributed by atoms with Crippen LogP contribution in [0.3, 0.4) is 0 Å². The van der Waals surface area contributed by atoms with E-state index in [1.807, 2.05) is 13.8 Å². The van der Waals surface area contributed by atoms with Gasteiger partial charge in [-0.2, -0.15) is 0 Å². The van der Waals surface area contributed by atoms with Crippen LogP contribution in [0.25, 0.3) is 10.2 Å². The maximum absolute atomic E-state index is 13.2. The standard InChI is InChI=1S/C22H26FN3O2S2/c1-5-6-11-26-21(28)18-13(2)14(3)29-20(18)25-22(26)30-15(4)19(27)24-12-16-7-9-17(23)10-8-16/h7-10,15H,5-6,11-12H2,1-4H3,(H,24,27). The Labute approximate surface area is 183 Å². The number of hydrogen-bond acceptors (Lipinski definition) is 5. The zero-order chi connectivity index (χ0) is 21.8. The molecule has 160 valence electrons. The first kappa shape index (κ1) is 22.5. The summed E-state index contributed by atoms with van der Waals surface area (Å²) in [6, 6.07) is 6.03. The number of carbonyl (C=O) groups is 1. The minimum absolute atomic E-state index is 0.0308. The third-order valence-electron chi connectivity index (χ3n) is 5.02. The van der Waals surface area contributed by atoms with Crippen molar-refractivity contribution in [2.45, 2.75) is 64.0 Å². The summed E-state index contributed by atoms with van der Waals surface area (Å²) in [4.78, 5) is 32.3. The van der Waals surface area contributed by atoms with E-state index in [9.17, 15) is 14.0 Å². The second kappa shape index (κ2) is 9.75. The highest BCUT2D eigenvalue weighted by atomic mass is 32.2. The number of halogens is 1. The number of thioether (sulfide) groups is 1. The van der Waals surface area contributed by atoms with E-state index in [-0.39, 0.29) is 17.3 Å². The molecule has 8 heteroatoms. The Morgan fingerprint density at radius 1 is 1.30 bits per heavy atom. The number of amides is 1. The molecule has 1 amide bonds. The second-order valence-electron chi connectivity index (χ2n) is 7.27. The van der Waals surface area contributed by atoms with Crippen molar-refractivity contribution in [3.05, 3.63) is 56.4 Å². The first-order valence-corrected chi connectivity index (χ1v) is 11.7. The minimum atomic E-state index is -0.426. The molecular formula is C22H26FN3O2S2. The van der Waals surface area contributed by atoms with Crippen molar-refractivity contribution in [1.29, 1.82) is 0 Å². The van der Waals surface area contributed by atoms with Crippen LogP contribution in [0.5, 0.6) is 0 Å². The normalized spacial score (nSPS) is 12.3. The van der Waals surface area contributed by atoms with Gasteiger partial charge in [0.25, 0.3) is 5.56 Å². The van der Waals surface area contributed by atoms with Crippen LogP contribution in [0.15, 0.2) is 34.2 Å². The van der Waals surface area contributed by atoms with E-state index < -0.39 is 5.25 Å². The Morgan fingerprint density at radius 3 is 2.67 bits per heavy atom. The van der Waals surface area contributed by atoms with E-state index in [2.05, 4.69) is 12.2 Å². The monoisotopic (exact) mass is 447 g/mol. The van der Waals surface area contributed by atoms with Crippen molar-refractivity contribution in [2.24, 2.45) is 0 Å². The second-order valence-corrected chi connectivity index (χ2v) is 9.78. The molecule has 2 aromatic heterocycles. The number of fused-ring (bicyclic) bond motifs is 1. The maximum Gasteiger partial charge on any atom is 0.263 e. The number of unbranched alkanes of at least 4 members (excludes halogenated alkanes) is 1. The predicted octanol–water partition coefficient (Wildman–Crippen LogP) is 4.81. The van der Waals surface area contributed by atoms with Crippen molar-refractivity contribution in [3.8, 4) is 0 Å². The first-order chi connectivity index (χ1) is 14.3. The SMILES string of the molecule is CCCCn1c(SC(C)C(=O)NCc2ccc(F)cc2)nc2sc(C)c(C)c2c1=O. The van der Waals surface area contributed by atoms with Crippen LogP contribution in [0.1, 0.15) is 42.7 Å². The van der Waals surface area contributed by atoms with Gasteiger partial charge in [-0.1, -0.05) is 37.2 Å². The Hall–Kier alpha value is -2.19. The van der Waals surface area contributed by atoms with Crippen LogP contribution >= 0.6 is 23.1 Å². The average Bonchev–Trinajstić information content (AvgIpc) is 3.00. The minimum Gasteiger partial charge on any atom is -0.351 e. The largest absolute Gasteiger partial charge is 0.351 e. The van der Waals surface area contributed by atoms with Gasteiger partial charge < -0.3 is 5.32 Å². The lowest BCUT2D eigenvalue weighted by Crippen LogP contribution is -2.31. The van der Waals surface area contributed by atoms with Crippen LogP contribution in [-0.4, -0.2) is 20.7 Å². The van der Waals surface area contributed by atoms with Crippen molar-refractivity contribution in [1.82, 2.24) is 14.9 Å². The van der Waals surface area contributed by atoms with Gasteiger partial charge in [-0.15, -0.1) is 11.3 Å². The summed E-state index contributed by atoms with van der Waals surface area (Å²) in [5.74, 6) is -0.459. The fraction of sp³-hybridized carbons (Fsp3) is 0.409. The number of aromatic nitrogens is 2. The first-order valence-electron chi connectivity index (χ1n) is 10.0. The summed E-state index contributed by atoms with van der Waals surface area (Å²) >= 11 is 2.81. The molecule has 0 bridgehead atoms. The Kier molecular flexibility index (Phi) is 7.31. The van der Waals surface area contributed by atoms with E-state index in [0.717, 1.165) is 33.7 Å². The summed E-state index contributed by atoms with van der Waals surface area (Å²) in [5, 5.41) is 3.71. The van der Waals surface area contributed by atoms with Crippen molar-refractivity contribution < 1.29 is 9.18 Å². The van der Waals surface area contributed by atoms with Crippen LogP contribution in [0, 0.1) is 19.7 Å². The lowest BCUT2D eigenvalue weighted by atomic mass is 10.2. The molecule has 1 N–H and O–H groups in total. The number of aryl methyl sites for hydroxylation is 2. The molecule has 3 aromatic rings. The Morgan fingerprint density at radius 2 is 2.00 bits per heavy atom. The molecule has 2 heterocycles. The number of nitrogens with zero attached hydrogens (tertiary/aromatic N) is 2. The van der Waals surface area contributed by atoms with Crippen LogP contribution in [0.4, 0.5) is 4.39 Å². The molecule has 0 spiro atoms. The van der Waals surface area contributed by atoms with Gasteiger partial charge in [-0.05, 0) is 50.5 Å². The van der Waals surface area contributed by atoms with Crippen molar-refractivity contribution in [3.63, 3.8) is 0 Å². The molecule has 0 aliphatic heterocycles. The molecule has 0 saturated heterocycles. The van der Waals surface area contributed by atoms with E-state index in [1.54, 1.807) is 23.6 Å². The molecule has 0 aliphatic carbocycles. The maximum atomic E-state index is 13.2. The van der Waals surface area contributed by atoms with Gasteiger partial charge in [0.1, 0.15) is 10.6 Å². The zero-order valence-corrected chi connectivity index (χ0v) is 19.3. The molecule has 0 fully saturated rings. The van der Waals surface area contributed by atoms with Gasteiger partial charge in [0.05, 0.1) is 10.6 Å². The van der Waals surface area contributed by atoms with Gasteiger partial charge in [0, 0.05) is 18.0 Å². The fourth-order valence-electron chi connectivity index (χ4n) is 3.06. The molecule has 30 heavy (non-hydrogen) atoms. The molecule has 5 nitrogen and oxygen atoms in total. The highest BCUT2D eigenvalue weighted by Crippen LogP contribution is 2.29. The average molecular weight is 448 g/mol. The molecule has 0 aliphatic rings. The lowest BCUT2D eigenvalue weighted by Gasteiger charge is -2.16. The van der Waals surface area contributed by atoms with Crippen molar-refractivity contribution >= 4 is 39.2 Å². The molecule has 3 rings (SSSR count). The van der Waals surface area contributed by atoms with E-state index in [4.69, 9.17) is 4.98 Å². The lowest BCUT2D eigenvalue weighted by molar-refractivity contribution is -0.120. The Balaban J connectivity index is 1.81. The van der Waals surface area contributed by atoms with Gasteiger partial charge in [0.15, 0.2) is 5.16 Å². The van der Waals surface area contributed by atoms with Crippen LogP contribution in [0.2, 0.25) is 0 Å². The molecule has 1 unspecified atom stereocenters. The summed E-state index contributed by atoms with van der Waals surface area (Å²) < 4.78 is 14.7. The van der Waals surface area contributed by atoms with Crippen molar-refractivity contribution in [2.75, 3.05) is 0 Å². The highest BCUT2D eigenvalue weighted by molar-refractivity contribution is 8.00. The third kappa shape index (κ3) is 4.92. The third-order valence-corrected chi connectivity index (χ3v) is 7.21. The summed E-state index contributed by atoms with van der Waals surface area (Å²) in [5.41, 5.74) is 1.78. The smallest absolute Gasteiger partial charge is 0.263 e. The summed E-state index contributed by atoms with van der Waals surface area (Å²) in [6.07, 6.45) is 1.83. The highest BCUT2D eigenvalue weighted by Gasteiger charge is 2.21. The van der Waals surface area contributed by atoms with Gasteiger partial charge in [-0.25, -0.2) is 9.37 Å². The van der Waals surface area contributed by atoms with Gasteiger partial charge >= 0.3 is 0 Å². The number of carbonyl (C=O) groups excluding carboxylic acids is 1. The molecule has 0 saturated carbocycles. The molecular weight excluding hydrogens is 421 g/mol. The fourth-order valence-corrected chi connectivity index (χ4v) is 5.09. The topological polar surface area (TPSA) is 64.0 Å².